The summed E-state index contributed by atoms with van der Waals surface area (Å²) in [5.74, 6) is 0.977. The molecule has 0 aliphatic heterocycles. The van der Waals surface area contributed by atoms with Crippen molar-refractivity contribution in [3.8, 4) is 17.5 Å². The number of methoxy groups -OCH3 is 1. The van der Waals surface area contributed by atoms with Gasteiger partial charge in [-0.2, -0.15) is 10.4 Å². The van der Waals surface area contributed by atoms with Crippen molar-refractivity contribution in [1.82, 2.24) is 19.2 Å². The molecule has 0 amide bonds. The van der Waals surface area contributed by atoms with Crippen molar-refractivity contribution in [2.24, 2.45) is 0 Å². The maximum atomic E-state index is 9.69. The molecule has 0 radical (unpaired) electrons. The predicted octanol–water partition coefficient (Wildman–Crippen LogP) is 3.41. The molecule has 8 heteroatoms. The molecule has 0 saturated heterocycles. The van der Waals surface area contributed by atoms with Crippen molar-refractivity contribution in [3.63, 3.8) is 0 Å². The number of aromatic nitrogens is 4. The molecule has 4 aromatic rings. The number of hydrogen-bond acceptors (Lipinski definition) is 5. The van der Waals surface area contributed by atoms with Gasteiger partial charge in [0.2, 0.25) is 0 Å². The molecule has 0 unspecified atom stereocenters. The van der Waals surface area contributed by atoms with E-state index in [9.17, 15) is 5.26 Å². The number of anilines is 1. The van der Waals surface area contributed by atoms with E-state index in [0.717, 1.165) is 11.3 Å². The zero-order valence-corrected chi connectivity index (χ0v) is 15.2. The summed E-state index contributed by atoms with van der Waals surface area (Å²) < 4.78 is 8.90. The molecule has 0 aliphatic rings. The van der Waals surface area contributed by atoms with Crippen LogP contribution in [0.1, 0.15) is 16.8 Å². The van der Waals surface area contributed by atoms with Gasteiger partial charge in [-0.15, -0.1) is 0 Å². The van der Waals surface area contributed by atoms with Crippen LogP contribution in [0.2, 0.25) is 5.02 Å². The highest BCUT2D eigenvalue weighted by molar-refractivity contribution is 6.32. The number of benzene rings is 1. The molecule has 3 heterocycles. The van der Waals surface area contributed by atoms with Gasteiger partial charge in [-0.3, -0.25) is 4.57 Å². The van der Waals surface area contributed by atoms with Crippen LogP contribution in [0.4, 0.5) is 5.82 Å². The summed E-state index contributed by atoms with van der Waals surface area (Å²) in [7, 11) is 1.60. The number of hydrogen-bond donors (Lipinski definition) is 1. The molecule has 0 aliphatic carbocycles. The molecule has 7 nitrogen and oxygen atoms in total. The predicted molar refractivity (Wildman–Crippen MR) is 100.0 cm³/mol. The maximum absolute atomic E-state index is 9.69. The zero-order chi connectivity index (χ0) is 18.6. The first kappa shape index (κ1) is 16.2. The second-order valence-electron chi connectivity index (χ2n) is 5.97. The molecule has 0 saturated carbocycles. The molecule has 3 aromatic heterocycles. The first-order valence-electron chi connectivity index (χ1n) is 7.86. The number of fused-ring (bicyclic) bond motifs is 3. The van der Waals surface area contributed by atoms with Crippen molar-refractivity contribution >= 4 is 34.0 Å². The third kappa shape index (κ3) is 1.99. The van der Waals surface area contributed by atoms with Crippen LogP contribution in [0, 0.1) is 25.2 Å². The van der Waals surface area contributed by atoms with Gasteiger partial charge in [-0.25, -0.2) is 9.50 Å². The van der Waals surface area contributed by atoms with Crippen molar-refractivity contribution < 1.29 is 4.74 Å². The van der Waals surface area contributed by atoms with Crippen LogP contribution in [-0.4, -0.2) is 26.3 Å². The minimum atomic E-state index is 0.302. The van der Waals surface area contributed by atoms with Crippen LogP contribution in [0.3, 0.4) is 0 Å². The van der Waals surface area contributed by atoms with Gasteiger partial charge in [0.15, 0.2) is 5.65 Å². The molecule has 0 atom stereocenters. The number of pyridine rings is 1. The van der Waals surface area contributed by atoms with Crippen molar-refractivity contribution in [3.05, 3.63) is 46.4 Å². The van der Waals surface area contributed by atoms with E-state index < -0.39 is 0 Å². The van der Waals surface area contributed by atoms with E-state index in [2.05, 4.69) is 16.2 Å². The number of ether oxygens (including phenoxy) is 1. The van der Waals surface area contributed by atoms with E-state index in [-0.39, 0.29) is 0 Å². The average Bonchev–Trinajstić information content (AvgIpc) is 3.19. The average molecular weight is 367 g/mol. The molecule has 0 bridgehead atoms. The van der Waals surface area contributed by atoms with Crippen molar-refractivity contribution in [1.29, 1.82) is 5.26 Å². The largest absolute Gasteiger partial charge is 0.496 e. The highest BCUT2D eigenvalue weighted by Gasteiger charge is 2.24. The van der Waals surface area contributed by atoms with Gasteiger partial charge in [-0.1, -0.05) is 11.6 Å². The summed E-state index contributed by atoms with van der Waals surface area (Å²) in [6.07, 6.45) is 1.47. The smallest absolute Gasteiger partial charge is 0.180 e. The Labute approximate surface area is 154 Å². The lowest BCUT2D eigenvalue weighted by Crippen LogP contribution is -2.06. The Morgan fingerprint density at radius 1 is 1.31 bits per heavy atom. The van der Waals surface area contributed by atoms with Crippen LogP contribution < -0.4 is 10.5 Å². The second-order valence-corrected chi connectivity index (χ2v) is 6.38. The summed E-state index contributed by atoms with van der Waals surface area (Å²) in [6, 6.07) is 7.63. The van der Waals surface area contributed by atoms with E-state index in [1.54, 1.807) is 28.3 Å². The number of nitrogens with zero attached hydrogens (tertiary/aromatic N) is 5. The highest BCUT2D eigenvalue weighted by Crippen LogP contribution is 2.39. The van der Waals surface area contributed by atoms with Crippen LogP contribution in [0.5, 0.6) is 5.75 Å². The summed E-state index contributed by atoms with van der Waals surface area (Å²) in [5.41, 5.74) is 10.4. The molecule has 0 fully saturated rings. The highest BCUT2D eigenvalue weighted by atomic mass is 35.5. The molecule has 1 aromatic carbocycles. The van der Waals surface area contributed by atoms with Gasteiger partial charge in [0, 0.05) is 16.6 Å². The first-order valence-corrected chi connectivity index (χ1v) is 8.24. The normalized spacial score (nSPS) is 11.2. The van der Waals surface area contributed by atoms with E-state index in [0.29, 0.717) is 44.4 Å². The third-order valence-electron chi connectivity index (χ3n) is 4.58. The Bertz CT molecular complexity index is 1230. The fraction of sp³-hybridized carbons (Fsp3) is 0.167. The van der Waals surface area contributed by atoms with Crippen molar-refractivity contribution in [2.75, 3.05) is 12.8 Å². The summed E-state index contributed by atoms with van der Waals surface area (Å²) in [5, 5.41) is 15.1. The number of nitrogen functional groups attached to an aromatic ring is 1. The van der Waals surface area contributed by atoms with Gasteiger partial charge in [0.05, 0.1) is 17.8 Å². The molecule has 130 valence electrons. The fourth-order valence-corrected chi connectivity index (χ4v) is 3.68. The lowest BCUT2D eigenvalue weighted by molar-refractivity contribution is 0.411. The van der Waals surface area contributed by atoms with Crippen LogP contribution in [0.15, 0.2) is 24.5 Å². The lowest BCUT2D eigenvalue weighted by Gasteiger charge is -2.16. The van der Waals surface area contributed by atoms with Crippen LogP contribution in [-0.2, 0) is 0 Å². The summed E-state index contributed by atoms with van der Waals surface area (Å²) in [4.78, 5) is 4.38. The standard InChI is InChI=1S/C18H15ClN6O/c1-9-6-11-12(7-20)17(21)24(16(11)18-22-8-23-25(9)18)15-10(2)14(26-3)5-4-13(15)19/h4-6,8H,21H2,1-3H3. The summed E-state index contributed by atoms with van der Waals surface area (Å²) in [6.45, 7) is 3.80. The molecule has 26 heavy (non-hydrogen) atoms. The van der Waals surface area contributed by atoms with Gasteiger partial charge in [-0.05, 0) is 32.0 Å². The monoisotopic (exact) mass is 366 g/mol. The molecular weight excluding hydrogens is 352 g/mol. The van der Waals surface area contributed by atoms with Gasteiger partial charge in [0.1, 0.15) is 35.0 Å². The minimum absolute atomic E-state index is 0.302. The minimum Gasteiger partial charge on any atom is -0.496 e. The fourth-order valence-electron chi connectivity index (χ4n) is 3.40. The number of rotatable bonds is 2. The zero-order valence-electron chi connectivity index (χ0n) is 14.4. The van der Waals surface area contributed by atoms with E-state index >= 15 is 0 Å². The van der Waals surface area contributed by atoms with E-state index in [4.69, 9.17) is 22.1 Å². The Kier molecular flexibility index (Phi) is 3.53. The first-order chi connectivity index (χ1) is 12.5. The Hall–Kier alpha value is -3.24. The molecule has 4 rings (SSSR count). The number of aryl methyl sites for hydroxylation is 1. The van der Waals surface area contributed by atoms with Gasteiger partial charge < -0.3 is 10.5 Å². The second kappa shape index (κ2) is 5.64. The molecular formula is C18H15ClN6O. The summed E-state index contributed by atoms with van der Waals surface area (Å²) >= 11 is 6.52. The molecule has 0 spiro atoms. The van der Waals surface area contributed by atoms with Crippen LogP contribution >= 0.6 is 11.6 Å². The van der Waals surface area contributed by atoms with E-state index in [1.807, 2.05) is 19.9 Å². The number of halogens is 1. The maximum Gasteiger partial charge on any atom is 0.180 e. The number of nitriles is 1. The van der Waals surface area contributed by atoms with Crippen molar-refractivity contribution in [2.45, 2.75) is 13.8 Å². The van der Waals surface area contributed by atoms with E-state index in [1.165, 1.54) is 6.33 Å². The number of nitrogens with two attached hydrogens (primary N) is 1. The molecule has 2 N–H and O–H groups in total. The Morgan fingerprint density at radius 3 is 2.77 bits per heavy atom. The van der Waals surface area contributed by atoms with Gasteiger partial charge >= 0.3 is 0 Å². The Balaban J connectivity index is 2.28. The quantitative estimate of drug-likeness (QED) is 0.586. The lowest BCUT2D eigenvalue weighted by atomic mass is 10.1. The SMILES string of the molecule is COc1ccc(Cl)c(-n2c(N)c(C#N)c3cc(C)n4ncnc4c32)c1C. The topological polar surface area (TPSA) is 94.2 Å². The Morgan fingerprint density at radius 2 is 2.08 bits per heavy atom. The van der Waals surface area contributed by atoms with Crippen LogP contribution in [0.25, 0.3) is 22.2 Å². The third-order valence-corrected chi connectivity index (χ3v) is 4.88. The van der Waals surface area contributed by atoms with Gasteiger partial charge in [0.25, 0.3) is 0 Å².